The van der Waals surface area contributed by atoms with Crippen molar-refractivity contribution in [1.29, 1.82) is 0 Å². The molecule has 0 heterocycles. The Kier molecular flexibility index (Phi) is 4.59. The van der Waals surface area contributed by atoms with Gasteiger partial charge in [-0.3, -0.25) is 4.79 Å². The zero-order valence-corrected chi connectivity index (χ0v) is 7.63. The molecule has 0 radical (unpaired) electrons. The van der Waals surface area contributed by atoms with Gasteiger partial charge in [0.15, 0.2) is 0 Å². The third-order valence-electron chi connectivity index (χ3n) is 1.12. The second-order valence-corrected chi connectivity index (χ2v) is 2.94. The van der Waals surface area contributed by atoms with Crippen molar-refractivity contribution in [3.8, 4) is 0 Å². The van der Waals surface area contributed by atoms with E-state index in [1.807, 2.05) is 19.1 Å². The van der Waals surface area contributed by atoms with Gasteiger partial charge in [0.05, 0.1) is 0 Å². The second-order valence-electron chi connectivity index (χ2n) is 2.94. The molecule has 0 fully saturated rings. The van der Waals surface area contributed by atoms with Gasteiger partial charge in [-0.25, -0.2) is 0 Å². The smallest absolute Gasteiger partial charge is 0.303 e. The van der Waals surface area contributed by atoms with Gasteiger partial charge in [0.1, 0.15) is 6.10 Å². The van der Waals surface area contributed by atoms with E-state index in [2.05, 4.69) is 13.8 Å². The van der Waals surface area contributed by atoms with E-state index in [-0.39, 0.29) is 12.1 Å². The van der Waals surface area contributed by atoms with Gasteiger partial charge in [-0.05, 0) is 18.9 Å². The van der Waals surface area contributed by atoms with E-state index >= 15 is 0 Å². The molecule has 2 nitrogen and oxygen atoms in total. The average molecular weight is 156 g/mol. The molecule has 11 heavy (non-hydrogen) atoms. The van der Waals surface area contributed by atoms with E-state index in [4.69, 9.17) is 4.74 Å². The van der Waals surface area contributed by atoms with Crippen LogP contribution in [0.25, 0.3) is 0 Å². The molecule has 0 aliphatic carbocycles. The van der Waals surface area contributed by atoms with Gasteiger partial charge in [0.2, 0.25) is 0 Å². The van der Waals surface area contributed by atoms with Gasteiger partial charge in [0, 0.05) is 6.92 Å². The maximum Gasteiger partial charge on any atom is 0.303 e. The van der Waals surface area contributed by atoms with Crippen LogP contribution in [0, 0.1) is 5.92 Å². The standard InChI is InChI=1S/C9H16O2/c1-7(2)5-6-8(3)11-9(4)10/h5-8H,1-4H3/b6-5-. The number of rotatable bonds is 3. The first kappa shape index (κ1) is 10.2. The molecule has 0 saturated carbocycles. The Morgan fingerprint density at radius 3 is 2.18 bits per heavy atom. The lowest BCUT2D eigenvalue weighted by Crippen LogP contribution is -2.08. The summed E-state index contributed by atoms with van der Waals surface area (Å²) in [4.78, 5) is 10.4. The minimum atomic E-state index is -0.231. The van der Waals surface area contributed by atoms with Crippen molar-refractivity contribution < 1.29 is 9.53 Å². The van der Waals surface area contributed by atoms with Gasteiger partial charge in [-0.1, -0.05) is 19.9 Å². The maximum atomic E-state index is 10.4. The summed E-state index contributed by atoms with van der Waals surface area (Å²) in [5, 5.41) is 0. The van der Waals surface area contributed by atoms with Crippen molar-refractivity contribution in [2.75, 3.05) is 0 Å². The van der Waals surface area contributed by atoms with Crippen LogP contribution in [0.3, 0.4) is 0 Å². The van der Waals surface area contributed by atoms with Crippen molar-refractivity contribution in [2.45, 2.75) is 33.8 Å². The number of hydrogen-bond donors (Lipinski definition) is 0. The van der Waals surface area contributed by atoms with Crippen LogP contribution in [-0.4, -0.2) is 12.1 Å². The van der Waals surface area contributed by atoms with Crippen LogP contribution in [0.1, 0.15) is 27.7 Å². The molecule has 0 aromatic heterocycles. The van der Waals surface area contributed by atoms with Crippen LogP contribution in [-0.2, 0) is 9.53 Å². The average Bonchev–Trinajstić information content (AvgIpc) is 1.82. The lowest BCUT2D eigenvalue weighted by Gasteiger charge is -2.06. The topological polar surface area (TPSA) is 26.3 Å². The molecular weight excluding hydrogens is 140 g/mol. The van der Waals surface area contributed by atoms with Crippen LogP contribution >= 0.6 is 0 Å². The second kappa shape index (κ2) is 4.94. The lowest BCUT2D eigenvalue weighted by molar-refractivity contribution is -0.143. The largest absolute Gasteiger partial charge is 0.459 e. The molecule has 0 aliphatic rings. The zero-order chi connectivity index (χ0) is 8.85. The van der Waals surface area contributed by atoms with Crippen molar-refractivity contribution in [3.63, 3.8) is 0 Å². The molecule has 0 saturated heterocycles. The number of hydrogen-bond acceptors (Lipinski definition) is 2. The predicted molar refractivity (Wildman–Crippen MR) is 45.2 cm³/mol. The maximum absolute atomic E-state index is 10.4. The lowest BCUT2D eigenvalue weighted by atomic mass is 10.2. The van der Waals surface area contributed by atoms with Gasteiger partial charge in [-0.15, -0.1) is 0 Å². The number of allylic oxidation sites excluding steroid dienone is 1. The molecule has 0 bridgehead atoms. The predicted octanol–water partition coefficient (Wildman–Crippen LogP) is 2.15. The van der Waals surface area contributed by atoms with Crippen LogP contribution in [0.2, 0.25) is 0 Å². The minimum Gasteiger partial charge on any atom is -0.459 e. The zero-order valence-electron chi connectivity index (χ0n) is 7.63. The highest BCUT2D eigenvalue weighted by Gasteiger charge is 1.99. The fourth-order valence-electron chi connectivity index (χ4n) is 0.680. The number of esters is 1. The monoisotopic (exact) mass is 156 g/mol. The van der Waals surface area contributed by atoms with Crippen molar-refractivity contribution in [2.24, 2.45) is 5.92 Å². The Morgan fingerprint density at radius 1 is 1.27 bits per heavy atom. The molecule has 0 aromatic rings. The number of carbonyl (C=O) groups excluding carboxylic acids is 1. The molecule has 0 amide bonds. The Bertz CT molecular complexity index is 148. The fraction of sp³-hybridized carbons (Fsp3) is 0.667. The summed E-state index contributed by atoms with van der Waals surface area (Å²) in [6, 6.07) is 0. The first-order valence-electron chi connectivity index (χ1n) is 3.88. The molecule has 0 aliphatic heterocycles. The number of carbonyl (C=O) groups is 1. The molecular formula is C9H16O2. The highest BCUT2D eigenvalue weighted by Crippen LogP contribution is 1.98. The van der Waals surface area contributed by atoms with Gasteiger partial charge in [0.25, 0.3) is 0 Å². The highest BCUT2D eigenvalue weighted by atomic mass is 16.5. The first-order valence-corrected chi connectivity index (χ1v) is 3.88. The third-order valence-corrected chi connectivity index (χ3v) is 1.12. The van der Waals surface area contributed by atoms with Crippen LogP contribution < -0.4 is 0 Å². The van der Waals surface area contributed by atoms with E-state index in [1.165, 1.54) is 6.92 Å². The summed E-state index contributed by atoms with van der Waals surface area (Å²) in [7, 11) is 0. The fourth-order valence-corrected chi connectivity index (χ4v) is 0.680. The summed E-state index contributed by atoms with van der Waals surface area (Å²) in [6.45, 7) is 7.42. The summed E-state index contributed by atoms with van der Waals surface area (Å²) in [6.07, 6.45) is 3.81. The summed E-state index contributed by atoms with van der Waals surface area (Å²) >= 11 is 0. The third kappa shape index (κ3) is 7.10. The number of ether oxygens (including phenoxy) is 1. The van der Waals surface area contributed by atoms with E-state index in [1.54, 1.807) is 0 Å². The molecule has 1 unspecified atom stereocenters. The molecule has 1 atom stereocenters. The Balaban J connectivity index is 3.68. The minimum absolute atomic E-state index is 0.102. The summed E-state index contributed by atoms with van der Waals surface area (Å²) < 4.78 is 4.87. The quantitative estimate of drug-likeness (QED) is 0.462. The Morgan fingerprint density at radius 2 is 1.82 bits per heavy atom. The summed E-state index contributed by atoms with van der Waals surface area (Å²) in [5.74, 6) is 0.277. The summed E-state index contributed by atoms with van der Waals surface area (Å²) in [5.41, 5.74) is 0. The van der Waals surface area contributed by atoms with Crippen molar-refractivity contribution >= 4 is 5.97 Å². The van der Waals surface area contributed by atoms with Crippen molar-refractivity contribution in [1.82, 2.24) is 0 Å². The molecule has 0 rings (SSSR count). The molecule has 64 valence electrons. The normalized spacial score (nSPS) is 13.9. The molecule has 0 spiro atoms. The van der Waals surface area contributed by atoms with Crippen LogP contribution in [0.15, 0.2) is 12.2 Å². The SMILES string of the molecule is CC(=O)OC(C)/C=C\C(C)C. The first-order chi connectivity index (χ1) is 5.02. The molecule has 0 N–H and O–H groups in total. The van der Waals surface area contributed by atoms with E-state index < -0.39 is 0 Å². The van der Waals surface area contributed by atoms with E-state index in [0.717, 1.165) is 0 Å². The van der Waals surface area contributed by atoms with Gasteiger partial charge in [-0.2, -0.15) is 0 Å². The van der Waals surface area contributed by atoms with Gasteiger partial charge >= 0.3 is 5.97 Å². The van der Waals surface area contributed by atoms with Crippen LogP contribution in [0.5, 0.6) is 0 Å². The molecule has 0 aromatic carbocycles. The van der Waals surface area contributed by atoms with Crippen molar-refractivity contribution in [3.05, 3.63) is 12.2 Å². The Hall–Kier alpha value is -0.790. The Labute approximate surface area is 68.2 Å². The van der Waals surface area contributed by atoms with E-state index in [9.17, 15) is 4.79 Å². The highest BCUT2D eigenvalue weighted by molar-refractivity contribution is 5.66. The van der Waals surface area contributed by atoms with E-state index in [0.29, 0.717) is 5.92 Å². The molecule has 2 heteroatoms. The van der Waals surface area contributed by atoms with Crippen LogP contribution in [0.4, 0.5) is 0 Å². The van der Waals surface area contributed by atoms with Gasteiger partial charge < -0.3 is 4.74 Å².